The van der Waals surface area contributed by atoms with E-state index < -0.39 is 5.97 Å². The maximum Gasteiger partial charge on any atom is 0.338 e. The summed E-state index contributed by atoms with van der Waals surface area (Å²) in [6.07, 6.45) is 3.93. The SMILES string of the molecule is C=C(C)C(=O)Oc1ccc2cc(/C=C/C=O)ccc2c1. The number of aldehydes is 1. The van der Waals surface area contributed by atoms with Crippen molar-refractivity contribution in [3.63, 3.8) is 0 Å². The second-order valence-electron chi connectivity index (χ2n) is 4.43. The molecular weight excluding hydrogens is 252 g/mol. The number of fused-ring (bicyclic) bond motifs is 1. The number of hydrogen-bond acceptors (Lipinski definition) is 3. The second-order valence-corrected chi connectivity index (χ2v) is 4.43. The molecule has 0 saturated carbocycles. The van der Waals surface area contributed by atoms with E-state index in [1.165, 1.54) is 6.08 Å². The number of ether oxygens (including phenoxy) is 1. The van der Waals surface area contributed by atoms with Gasteiger partial charge in [0.2, 0.25) is 0 Å². The Morgan fingerprint density at radius 1 is 1.15 bits per heavy atom. The zero-order valence-electron chi connectivity index (χ0n) is 11.1. The van der Waals surface area contributed by atoms with Crippen LogP contribution in [-0.2, 0) is 9.59 Å². The summed E-state index contributed by atoms with van der Waals surface area (Å²) in [7, 11) is 0. The van der Waals surface area contributed by atoms with Crippen LogP contribution in [0.3, 0.4) is 0 Å². The van der Waals surface area contributed by atoms with E-state index in [1.54, 1.807) is 25.1 Å². The zero-order valence-corrected chi connectivity index (χ0v) is 11.1. The van der Waals surface area contributed by atoms with Gasteiger partial charge in [-0.05, 0) is 47.5 Å². The van der Waals surface area contributed by atoms with Gasteiger partial charge in [0.15, 0.2) is 0 Å². The van der Waals surface area contributed by atoms with Gasteiger partial charge >= 0.3 is 5.97 Å². The van der Waals surface area contributed by atoms with Crippen molar-refractivity contribution in [2.45, 2.75) is 6.92 Å². The molecule has 100 valence electrons. The fourth-order valence-electron chi connectivity index (χ4n) is 1.75. The molecule has 0 atom stereocenters. The monoisotopic (exact) mass is 266 g/mol. The average molecular weight is 266 g/mol. The number of esters is 1. The molecule has 2 aromatic carbocycles. The maximum absolute atomic E-state index is 11.5. The van der Waals surface area contributed by atoms with Crippen molar-refractivity contribution in [1.82, 2.24) is 0 Å². The van der Waals surface area contributed by atoms with E-state index >= 15 is 0 Å². The molecule has 0 aromatic heterocycles. The molecule has 0 fully saturated rings. The van der Waals surface area contributed by atoms with E-state index in [9.17, 15) is 9.59 Å². The molecule has 0 bridgehead atoms. The lowest BCUT2D eigenvalue weighted by molar-refractivity contribution is -0.130. The lowest BCUT2D eigenvalue weighted by Gasteiger charge is -2.06. The van der Waals surface area contributed by atoms with Crippen LogP contribution in [-0.4, -0.2) is 12.3 Å². The predicted molar refractivity (Wildman–Crippen MR) is 79.5 cm³/mol. The van der Waals surface area contributed by atoms with Crippen LogP contribution in [0.5, 0.6) is 5.75 Å². The van der Waals surface area contributed by atoms with E-state index in [-0.39, 0.29) is 0 Å². The summed E-state index contributed by atoms with van der Waals surface area (Å²) in [6, 6.07) is 11.2. The normalized spacial score (nSPS) is 10.7. The van der Waals surface area contributed by atoms with Crippen LogP contribution in [0.1, 0.15) is 12.5 Å². The second kappa shape index (κ2) is 5.97. The summed E-state index contributed by atoms with van der Waals surface area (Å²) in [6.45, 7) is 5.15. The van der Waals surface area contributed by atoms with Crippen molar-refractivity contribution in [3.8, 4) is 5.75 Å². The van der Waals surface area contributed by atoms with Gasteiger partial charge in [0, 0.05) is 5.57 Å². The Bertz CT molecular complexity index is 711. The first-order valence-electron chi connectivity index (χ1n) is 6.13. The fraction of sp³-hybridized carbons (Fsp3) is 0.0588. The molecule has 2 aromatic rings. The minimum absolute atomic E-state index is 0.361. The van der Waals surface area contributed by atoms with Gasteiger partial charge in [0.1, 0.15) is 12.0 Å². The molecule has 0 aliphatic heterocycles. The van der Waals surface area contributed by atoms with Crippen molar-refractivity contribution in [2.75, 3.05) is 0 Å². The molecule has 0 amide bonds. The van der Waals surface area contributed by atoms with Crippen molar-refractivity contribution in [2.24, 2.45) is 0 Å². The first kappa shape index (κ1) is 13.7. The minimum Gasteiger partial charge on any atom is -0.423 e. The van der Waals surface area contributed by atoms with Gasteiger partial charge in [0.25, 0.3) is 0 Å². The van der Waals surface area contributed by atoms with Gasteiger partial charge in [-0.1, -0.05) is 30.9 Å². The summed E-state index contributed by atoms with van der Waals surface area (Å²) >= 11 is 0. The van der Waals surface area contributed by atoms with Crippen molar-refractivity contribution >= 4 is 29.1 Å². The number of allylic oxidation sites excluding steroid dienone is 1. The standard InChI is InChI=1S/C17H14O3/c1-12(2)17(19)20-16-8-7-14-10-13(4-3-9-18)5-6-15(14)11-16/h3-11H,1H2,2H3/b4-3+. The quantitative estimate of drug-likeness (QED) is 0.368. The Hall–Kier alpha value is -2.68. The number of carbonyl (C=O) groups excluding carboxylic acids is 2. The molecule has 0 N–H and O–H groups in total. The van der Waals surface area contributed by atoms with Crippen LogP contribution in [0.25, 0.3) is 16.8 Å². The van der Waals surface area contributed by atoms with Gasteiger partial charge in [0.05, 0.1) is 0 Å². The molecule has 20 heavy (non-hydrogen) atoms. The van der Waals surface area contributed by atoms with E-state index in [4.69, 9.17) is 4.74 Å². The Kier molecular flexibility index (Phi) is 4.11. The van der Waals surface area contributed by atoms with Crippen LogP contribution in [0, 0.1) is 0 Å². The van der Waals surface area contributed by atoms with Crippen molar-refractivity contribution in [3.05, 3.63) is 60.2 Å². The fourth-order valence-corrected chi connectivity index (χ4v) is 1.75. The van der Waals surface area contributed by atoms with Crippen LogP contribution < -0.4 is 4.74 Å². The highest BCUT2D eigenvalue weighted by Crippen LogP contribution is 2.23. The summed E-state index contributed by atoms with van der Waals surface area (Å²) < 4.78 is 5.18. The third-order valence-corrected chi connectivity index (χ3v) is 2.76. The van der Waals surface area contributed by atoms with Crippen LogP contribution >= 0.6 is 0 Å². The summed E-state index contributed by atoms with van der Waals surface area (Å²) in [5, 5.41) is 1.97. The molecule has 0 spiro atoms. The van der Waals surface area contributed by atoms with E-state index in [0.29, 0.717) is 11.3 Å². The molecule has 0 unspecified atom stereocenters. The van der Waals surface area contributed by atoms with Gasteiger partial charge in [-0.3, -0.25) is 4.79 Å². The Labute approximate surface area is 117 Å². The van der Waals surface area contributed by atoms with Crippen LogP contribution in [0.4, 0.5) is 0 Å². The largest absolute Gasteiger partial charge is 0.423 e. The third-order valence-electron chi connectivity index (χ3n) is 2.76. The summed E-state index contributed by atoms with van der Waals surface area (Å²) in [5.74, 6) is 0.0524. The third kappa shape index (κ3) is 3.20. The summed E-state index contributed by atoms with van der Waals surface area (Å²) in [5.41, 5.74) is 1.30. The minimum atomic E-state index is -0.435. The molecule has 3 nitrogen and oxygen atoms in total. The molecule has 0 aliphatic rings. The topological polar surface area (TPSA) is 43.4 Å². The van der Waals surface area contributed by atoms with Gasteiger partial charge in [-0.25, -0.2) is 4.79 Å². The molecule has 3 heteroatoms. The smallest absolute Gasteiger partial charge is 0.338 e. The number of carbonyl (C=O) groups is 2. The number of hydrogen-bond donors (Lipinski definition) is 0. The van der Waals surface area contributed by atoms with Crippen molar-refractivity contribution < 1.29 is 14.3 Å². The zero-order chi connectivity index (χ0) is 14.5. The maximum atomic E-state index is 11.5. The first-order valence-corrected chi connectivity index (χ1v) is 6.13. The van der Waals surface area contributed by atoms with Crippen LogP contribution in [0.2, 0.25) is 0 Å². The predicted octanol–water partition coefficient (Wildman–Crippen LogP) is 3.53. The first-order chi connectivity index (χ1) is 9.60. The average Bonchev–Trinajstić information content (AvgIpc) is 2.44. The van der Waals surface area contributed by atoms with E-state index in [0.717, 1.165) is 22.6 Å². The van der Waals surface area contributed by atoms with E-state index in [2.05, 4.69) is 6.58 Å². The molecule has 0 radical (unpaired) electrons. The molecule has 0 aliphatic carbocycles. The Morgan fingerprint density at radius 3 is 2.55 bits per heavy atom. The molecular formula is C17H14O3. The molecule has 0 saturated heterocycles. The summed E-state index contributed by atoms with van der Waals surface area (Å²) in [4.78, 5) is 21.8. The van der Waals surface area contributed by atoms with Crippen molar-refractivity contribution in [1.29, 1.82) is 0 Å². The van der Waals surface area contributed by atoms with Crippen LogP contribution in [0.15, 0.2) is 54.6 Å². The van der Waals surface area contributed by atoms with Gasteiger partial charge in [-0.15, -0.1) is 0 Å². The highest BCUT2D eigenvalue weighted by Gasteiger charge is 2.05. The highest BCUT2D eigenvalue weighted by atomic mass is 16.5. The van der Waals surface area contributed by atoms with E-state index in [1.807, 2.05) is 24.3 Å². The number of rotatable bonds is 4. The Morgan fingerprint density at radius 2 is 1.85 bits per heavy atom. The molecule has 0 heterocycles. The lowest BCUT2D eigenvalue weighted by atomic mass is 10.1. The van der Waals surface area contributed by atoms with Gasteiger partial charge in [-0.2, -0.15) is 0 Å². The lowest BCUT2D eigenvalue weighted by Crippen LogP contribution is -2.07. The Balaban J connectivity index is 2.31. The highest BCUT2D eigenvalue weighted by molar-refractivity contribution is 5.91. The molecule has 2 rings (SSSR count). The van der Waals surface area contributed by atoms with Gasteiger partial charge < -0.3 is 4.74 Å². The number of benzene rings is 2.